The highest BCUT2D eigenvalue weighted by molar-refractivity contribution is 6.31. The van der Waals surface area contributed by atoms with Crippen molar-refractivity contribution < 1.29 is 4.79 Å². The van der Waals surface area contributed by atoms with E-state index in [1.807, 2.05) is 30.3 Å². The van der Waals surface area contributed by atoms with Gasteiger partial charge in [0.15, 0.2) is 0 Å². The monoisotopic (exact) mass is 275 g/mol. The number of carbonyl (C=O) groups excluding carboxylic acids is 1. The van der Waals surface area contributed by atoms with E-state index >= 15 is 0 Å². The van der Waals surface area contributed by atoms with E-state index in [4.69, 9.17) is 11.6 Å². The van der Waals surface area contributed by atoms with Crippen LogP contribution in [0.3, 0.4) is 0 Å². The van der Waals surface area contributed by atoms with Gasteiger partial charge in [-0.3, -0.25) is 9.78 Å². The number of nitrogens with one attached hydrogen (secondary N) is 2. The third kappa shape index (κ3) is 3.96. The topological polar surface area (TPSA) is 54.0 Å². The zero-order valence-electron chi connectivity index (χ0n) is 10.5. The lowest BCUT2D eigenvalue weighted by molar-refractivity contribution is -0.114. The molecule has 0 aliphatic heterocycles. The van der Waals surface area contributed by atoms with Crippen molar-refractivity contribution in [2.75, 3.05) is 10.6 Å². The van der Waals surface area contributed by atoms with Crippen molar-refractivity contribution in [3.05, 3.63) is 53.3 Å². The second kappa shape index (κ2) is 6.20. The van der Waals surface area contributed by atoms with E-state index in [1.54, 1.807) is 12.4 Å². The van der Waals surface area contributed by atoms with Crippen molar-refractivity contribution in [3.8, 4) is 0 Å². The molecule has 0 fully saturated rings. The molecule has 0 saturated carbocycles. The lowest BCUT2D eigenvalue weighted by atomic mass is 10.2. The van der Waals surface area contributed by atoms with Gasteiger partial charge < -0.3 is 10.6 Å². The number of rotatable bonds is 4. The molecule has 5 heteroatoms. The summed E-state index contributed by atoms with van der Waals surface area (Å²) in [5.74, 6) is -0.0794. The van der Waals surface area contributed by atoms with Gasteiger partial charge in [0, 0.05) is 37.2 Å². The van der Waals surface area contributed by atoms with Gasteiger partial charge in [-0.15, -0.1) is 0 Å². The average Bonchev–Trinajstić information content (AvgIpc) is 2.39. The molecule has 2 rings (SSSR count). The van der Waals surface area contributed by atoms with E-state index in [2.05, 4.69) is 15.6 Å². The number of benzene rings is 1. The van der Waals surface area contributed by atoms with Crippen molar-refractivity contribution in [1.29, 1.82) is 0 Å². The van der Waals surface area contributed by atoms with Crippen LogP contribution in [0.1, 0.15) is 12.5 Å². The number of nitrogens with zero attached hydrogens (tertiary/aromatic N) is 1. The Morgan fingerprint density at radius 2 is 1.89 bits per heavy atom. The first kappa shape index (κ1) is 13.4. The summed E-state index contributed by atoms with van der Waals surface area (Å²) in [5.41, 5.74) is 2.73. The molecular weight excluding hydrogens is 262 g/mol. The minimum Gasteiger partial charge on any atom is -0.381 e. The van der Waals surface area contributed by atoms with Gasteiger partial charge in [0.1, 0.15) is 0 Å². The molecular formula is C14H14ClN3O. The number of amides is 1. The first-order valence-electron chi connectivity index (χ1n) is 5.85. The largest absolute Gasteiger partial charge is 0.381 e. The van der Waals surface area contributed by atoms with Crippen molar-refractivity contribution in [2.24, 2.45) is 0 Å². The molecule has 1 heterocycles. The van der Waals surface area contributed by atoms with Gasteiger partial charge in [-0.2, -0.15) is 0 Å². The van der Waals surface area contributed by atoms with E-state index < -0.39 is 0 Å². The number of hydrogen-bond acceptors (Lipinski definition) is 3. The minimum absolute atomic E-state index is 0.0794. The summed E-state index contributed by atoms with van der Waals surface area (Å²) in [4.78, 5) is 14.8. The van der Waals surface area contributed by atoms with Gasteiger partial charge in [-0.05, 0) is 35.9 Å². The summed E-state index contributed by atoms with van der Waals surface area (Å²) in [6.07, 6.45) is 3.33. The summed E-state index contributed by atoms with van der Waals surface area (Å²) in [7, 11) is 0. The molecule has 0 unspecified atom stereocenters. The number of halogens is 1. The summed E-state index contributed by atoms with van der Waals surface area (Å²) in [5, 5.41) is 6.62. The zero-order chi connectivity index (χ0) is 13.7. The Morgan fingerprint density at radius 3 is 2.53 bits per heavy atom. The SMILES string of the molecule is CC(=O)Nc1ccc(NCc2ccncc2Cl)cc1. The lowest BCUT2D eigenvalue weighted by Gasteiger charge is -2.08. The van der Waals surface area contributed by atoms with Gasteiger partial charge >= 0.3 is 0 Å². The number of carbonyl (C=O) groups is 1. The maximum atomic E-state index is 10.9. The Bertz CT molecular complexity index is 569. The summed E-state index contributed by atoms with van der Waals surface area (Å²) in [6, 6.07) is 9.37. The van der Waals surface area contributed by atoms with Crippen LogP contribution < -0.4 is 10.6 Å². The highest BCUT2D eigenvalue weighted by atomic mass is 35.5. The predicted octanol–water partition coefficient (Wildman–Crippen LogP) is 3.31. The number of anilines is 2. The molecule has 2 aromatic rings. The number of pyridine rings is 1. The average molecular weight is 276 g/mol. The van der Waals surface area contributed by atoms with Crippen molar-refractivity contribution >= 4 is 28.9 Å². The molecule has 2 N–H and O–H groups in total. The quantitative estimate of drug-likeness (QED) is 0.900. The van der Waals surface area contributed by atoms with Gasteiger partial charge in [0.25, 0.3) is 0 Å². The Hall–Kier alpha value is -2.07. The van der Waals surface area contributed by atoms with E-state index in [-0.39, 0.29) is 5.91 Å². The molecule has 4 nitrogen and oxygen atoms in total. The summed E-state index contributed by atoms with van der Waals surface area (Å²) in [6.45, 7) is 2.11. The highest BCUT2D eigenvalue weighted by Crippen LogP contribution is 2.17. The van der Waals surface area contributed by atoms with Crippen LogP contribution in [0.25, 0.3) is 0 Å². The van der Waals surface area contributed by atoms with Gasteiger partial charge in [-0.25, -0.2) is 0 Å². The van der Waals surface area contributed by atoms with E-state index in [1.165, 1.54) is 6.92 Å². The molecule has 1 aromatic carbocycles. The number of hydrogen-bond donors (Lipinski definition) is 2. The Morgan fingerprint density at radius 1 is 1.21 bits per heavy atom. The van der Waals surface area contributed by atoms with Gasteiger partial charge in [0.05, 0.1) is 5.02 Å². The third-order valence-electron chi connectivity index (χ3n) is 2.54. The fourth-order valence-electron chi connectivity index (χ4n) is 1.62. The molecule has 0 saturated heterocycles. The first-order valence-corrected chi connectivity index (χ1v) is 6.23. The molecule has 0 aliphatic rings. The van der Waals surface area contributed by atoms with Crippen LogP contribution in [0.2, 0.25) is 5.02 Å². The van der Waals surface area contributed by atoms with E-state index in [0.717, 1.165) is 16.9 Å². The zero-order valence-corrected chi connectivity index (χ0v) is 11.2. The van der Waals surface area contributed by atoms with Crippen molar-refractivity contribution in [3.63, 3.8) is 0 Å². The van der Waals surface area contributed by atoms with Crippen LogP contribution in [0.15, 0.2) is 42.7 Å². The van der Waals surface area contributed by atoms with Crippen molar-refractivity contribution in [2.45, 2.75) is 13.5 Å². The summed E-state index contributed by atoms with van der Waals surface area (Å²) < 4.78 is 0. The second-order valence-corrected chi connectivity index (χ2v) is 4.49. The van der Waals surface area contributed by atoms with Crippen LogP contribution in [-0.2, 0) is 11.3 Å². The lowest BCUT2D eigenvalue weighted by Crippen LogP contribution is -2.05. The fourth-order valence-corrected chi connectivity index (χ4v) is 1.81. The highest BCUT2D eigenvalue weighted by Gasteiger charge is 2.00. The standard InChI is InChI=1S/C14H14ClN3O/c1-10(19)18-13-4-2-12(3-5-13)17-8-11-6-7-16-9-14(11)15/h2-7,9,17H,8H2,1H3,(H,18,19). The Kier molecular flexibility index (Phi) is 4.36. The van der Waals surface area contributed by atoms with Crippen LogP contribution in [0.5, 0.6) is 0 Å². The second-order valence-electron chi connectivity index (χ2n) is 4.08. The fraction of sp³-hybridized carbons (Fsp3) is 0.143. The maximum Gasteiger partial charge on any atom is 0.221 e. The Labute approximate surface area is 116 Å². The van der Waals surface area contributed by atoms with E-state index in [0.29, 0.717) is 11.6 Å². The minimum atomic E-state index is -0.0794. The molecule has 0 aliphatic carbocycles. The molecule has 0 radical (unpaired) electrons. The summed E-state index contributed by atoms with van der Waals surface area (Å²) >= 11 is 6.02. The predicted molar refractivity (Wildman–Crippen MR) is 77.3 cm³/mol. The van der Waals surface area contributed by atoms with Crippen molar-refractivity contribution in [1.82, 2.24) is 4.98 Å². The molecule has 19 heavy (non-hydrogen) atoms. The molecule has 0 bridgehead atoms. The molecule has 0 spiro atoms. The van der Waals surface area contributed by atoms with Crippen LogP contribution >= 0.6 is 11.6 Å². The smallest absolute Gasteiger partial charge is 0.221 e. The third-order valence-corrected chi connectivity index (χ3v) is 2.88. The van der Waals surface area contributed by atoms with Crippen LogP contribution in [0, 0.1) is 0 Å². The molecule has 0 atom stereocenters. The van der Waals surface area contributed by atoms with Gasteiger partial charge in [-0.1, -0.05) is 11.6 Å². The number of aromatic nitrogens is 1. The first-order chi connectivity index (χ1) is 9.15. The molecule has 1 amide bonds. The van der Waals surface area contributed by atoms with Crippen LogP contribution in [-0.4, -0.2) is 10.9 Å². The van der Waals surface area contributed by atoms with Crippen LogP contribution in [0.4, 0.5) is 11.4 Å². The maximum absolute atomic E-state index is 10.9. The molecule has 1 aromatic heterocycles. The molecule has 98 valence electrons. The normalized spacial score (nSPS) is 10.0. The van der Waals surface area contributed by atoms with Gasteiger partial charge in [0.2, 0.25) is 5.91 Å². The Balaban J connectivity index is 1.97. The van der Waals surface area contributed by atoms with E-state index in [9.17, 15) is 4.79 Å².